The highest BCUT2D eigenvalue weighted by Crippen LogP contribution is 2.34. The van der Waals surface area contributed by atoms with Crippen LogP contribution in [-0.2, 0) is 25.9 Å². The second kappa shape index (κ2) is 12.1. The zero-order valence-corrected chi connectivity index (χ0v) is 26.9. The molecule has 0 saturated carbocycles. The van der Waals surface area contributed by atoms with E-state index in [4.69, 9.17) is 0 Å². The minimum Gasteiger partial charge on any atom is -0.322 e. The Morgan fingerprint density at radius 1 is 0.513 bits per heavy atom. The first-order valence-electron chi connectivity index (χ1n) is 16.0. The predicted molar refractivity (Wildman–Crippen MR) is 169 cm³/mol. The highest BCUT2D eigenvalue weighted by Gasteiger charge is 2.35. The quantitative estimate of drug-likeness (QED) is 0.298. The van der Waals surface area contributed by atoms with Crippen molar-refractivity contribution in [2.75, 3.05) is 40.3 Å². The van der Waals surface area contributed by atoms with Crippen LogP contribution in [-0.4, -0.2) is 49.2 Å². The van der Waals surface area contributed by atoms with E-state index < -0.39 is 0 Å². The number of rotatable bonds is 8. The third-order valence-electron chi connectivity index (χ3n) is 9.62. The number of quaternary nitrogens is 2. The lowest BCUT2D eigenvalue weighted by Crippen LogP contribution is -2.50. The molecule has 216 valence electrons. The fourth-order valence-electron chi connectivity index (χ4n) is 7.38. The first-order valence-corrected chi connectivity index (χ1v) is 16.0. The van der Waals surface area contributed by atoms with Crippen molar-refractivity contribution >= 4 is 0 Å². The molecule has 2 saturated heterocycles. The summed E-state index contributed by atoms with van der Waals surface area (Å²) in [6.45, 7) is 21.8. The molecule has 2 heterocycles. The van der Waals surface area contributed by atoms with Gasteiger partial charge >= 0.3 is 0 Å². The van der Waals surface area contributed by atoms with Crippen molar-refractivity contribution in [2.45, 2.75) is 99.6 Å². The first kappa shape index (κ1) is 30.3. The van der Waals surface area contributed by atoms with Gasteiger partial charge in [0.1, 0.15) is 13.1 Å². The maximum absolute atomic E-state index is 2.50. The van der Waals surface area contributed by atoms with Crippen molar-refractivity contribution in [1.29, 1.82) is 0 Å². The Balaban J connectivity index is 1.19. The lowest BCUT2D eigenvalue weighted by Gasteiger charge is -2.44. The van der Waals surface area contributed by atoms with Gasteiger partial charge in [0, 0.05) is 11.1 Å². The lowest BCUT2D eigenvalue weighted by molar-refractivity contribution is -0.929. The molecule has 2 nitrogen and oxygen atoms in total. The predicted octanol–water partition coefficient (Wildman–Crippen LogP) is 8.67. The van der Waals surface area contributed by atoms with E-state index in [1.54, 1.807) is 0 Å². The molecule has 2 aromatic carbocycles. The number of benzene rings is 2. The van der Waals surface area contributed by atoms with Crippen LogP contribution < -0.4 is 0 Å². The van der Waals surface area contributed by atoms with Gasteiger partial charge in [0.05, 0.1) is 40.3 Å². The van der Waals surface area contributed by atoms with Gasteiger partial charge in [-0.3, -0.25) is 0 Å². The largest absolute Gasteiger partial charge is 0.322 e. The van der Waals surface area contributed by atoms with Crippen molar-refractivity contribution < 1.29 is 8.97 Å². The summed E-state index contributed by atoms with van der Waals surface area (Å²) in [6.07, 6.45) is 9.47. The number of nitrogens with zero attached hydrogens (tertiary/aromatic N) is 2. The fourth-order valence-corrected chi connectivity index (χ4v) is 7.38. The van der Waals surface area contributed by atoms with Crippen molar-refractivity contribution in [1.82, 2.24) is 0 Å². The number of piperidine rings is 2. The van der Waals surface area contributed by atoms with Crippen molar-refractivity contribution in [3.8, 4) is 0 Å². The molecule has 0 aliphatic carbocycles. The van der Waals surface area contributed by atoms with E-state index in [1.807, 2.05) is 0 Å². The molecule has 0 unspecified atom stereocenters. The maximum atomic E-state index is 2.50. The lowest BCUT2D eigenvalue weighted by atomic mass is 9.81. The van der Waals surface area contributed by atoms with E-state index in [2.05, 4.69) is 104 Å². The summed E-state index contributed by atoms with van der Waals surface area (Å²) in [5.74, 6) is 1.89. The zero-order valence-electron chi connectivity index (χ0n) is 26.9. The molecule has 2 aliphatic heterocycles. The monoisotopic (exact) mass is 532 g/mol. The second-order valence-corrected chi connectivity index (χ2v) is 16.7. The molecule has 0 radical (unpaired) electrons. The second-order valence-electron chi connectivity index (χ2n) is 16.7. The van der Waals surface area contributed by atoms with Crippen LogP contribution in [0.4, 0.5) is 0 Å². The average Bonchev–Trinajstić information content (AvgIpc) is 2.83. The molecule has 2 aliphatic rings. The van der Waals surface area contributed by atoms with Crippen LogP contribution in [0.25, 0.3) is 0 Å². The molecule has 2 aromatic rings. The van der Waals surface area contributed by atoms with Crippen LogP contribution in [0.2, 0.25) is 0 Å². The third kappa shape index (κ3) is 9.75. The minimum absolute atomic E-state index is 0.357. The van der Waals surface area contributed by atoms with Crippen LogP contribution in [0, 0.1) is 22.7 Å². The van der Waals surface area contributed by atoms with Gasteiger partial charge in [0.15, 0.2) is 0 Å². The van der Waals surface area contributed by atoms with Crippen LogP contribution in [0.5, 0.6) is 0 Å². The Morgan fingerprint density at radius 3 is 1.08 bits per heavy atom. The molecule has 2 fully saturated rings. The van der Waals surface area contributed by atoms with Crippen molar-refractivity contribution in [3.63, 3.8) is 0 Å². The van der Waals surface area contributed by atoms with Crippen LogP contribution in [0.1, 0.15) is 95.9 Å². The van der Waals surface area contributed by atoms with Crippen molar-refractivity contribution in [3.05, 3.63) is 70.8 Å². The fraction of sp³-hybridized carbons (Fsp3) is 0.676. The standard InChI is InChI=1S/C37H60N2/c1-36(2,3)26-32-9-13-34(14-10-32)28-38(7)21-17-30(18-22-38)25-31-19-23-39(8,24-20-31)29-35-15-11-33(12-16-35)27-37(4,5)6/h9-16,30-31H,17-29H2,1-8H3/q+2. The molecule has 0 N–H and O–H groups in total. The molecule has 39 heavy (non-hydrogen) atoms. The number of hydrogen-bond donors (Lipinski definition) is 0. The zero-order chi connectivity index (χ0) is 28.3. The molecule has 0 atom stereocenters. The topological polar surface area (TPSA) is 0 Å². The average molecular weight is 533 g/mol. The van der Waals surface area contributed by atoms with E-state index in [0.717, 1.165) is 24.7 Å². The van der Waals surface area contributed by atoms with E-state index in [1.165, 1.54) is 103 Å². The third-order valence-corrected chi connectivity index (χ3v) is 9.62. The summed E-state index contributed by atoms with van der Waals surface area (Å²) < 4.78 is 2.45. The highest BCUT2D eigenvalue weighted by atomic mass is 15.3. The molecule has 2 heteroatoms. The molecule has 0 amide bonds. The number of likely N-dealkylation sites (tertiary alicyclic amines) is 2. The van der Waals surface area contributed by atoms with E-state index in [9.17, 15) is 0 Å². The van der Waals surface area contributed by atoms with Gasteiger partial charge in [-0.05, 0) is 78.7 Å². The molecule has 0 aromatic heterocycles. The summed E-state index contributed by atoms with van der Waals surface area (Å²) in [6, 6.07) is 19.1. The Hall–Kier alpha value is -1.64. The highest BCUT2D eigenvalue weighted by molar-refractivity contribution is 5.23. The Kier molecular flexibility index (Phi) is 9.39. The van der Waals surface area contributed by atoms with Gasteiger partial charge in [-0.1, -0.05) is 90.1 Å². The summed E-state index contributed by atoms with van der Waals surface area (Å²) in [7, 11) is 5.00. The van der Waals surface area contributed by atoms with E-state index in [-0.39, 0.29) is 0 Å². The molecule has 0 bridgehead atoms. The van der Waals surface area contributed by atoms with Gasteiger partial charge in [-0.2, -0.15) is 0 Å². The summed E-state index contributed by atoms with van der Waals surface area (Å²) in [5, 5.41) is 0. The van der Waals surface area contributed by atoms with Crippen LogP contribution >= 0.6 is 0 Å². The SMILES string of the molecule is CC(C)(C)Cc1ccc(C[N+]2(C)CCC(CC3CC[N+](C)(Cc4ccc(CC(C)(C)C)cc4)CC3)CC2)cc1. The van der Waals surface area contributed by atoms with Gasteiger partial charge in [-0.15, -0.1) is 0 Å². The van der Waals surface area contributed by atoms with E-state index >= 15 is 0 Å². The molecular formula is C37H60N2+2. The van der Waals surface area contributed by atoms with Crippen LogP contribution in [0.15, 0.2) is 48.5 Å². The van der Waals surface area contributed by atoms with Gasteiger partial charge < -0.3 is 8.97 Å². The smallest absolute Gasteiger partial charge is 0.104 e. The first-order chi connectivity index (χ1) is 18.2. The van der Waals surface area contributed by atoms with Gasteiger partial charge in [-0.25, -0.2) is 0 Å². The van der Waals surface area contributed by atoms with Crippen molar-refractivity contribution in [2.24, 2.45) is 22.7 Å². The molecular weight excluding hydrogens is 472 g/mol. The minimum atomic E-state index is 0.357. The molecule has 0 spiro atoms. The number of hydrogen-bond acceptors (Lipinski definition) is 0. The Morgan fingerprint density at radius 2 is 0.795 bits per heavy atom. The van der Waals surface area contributed by atoms with Crippen LogP contribution in [0.3, 0.4) is 0 Å². The van der Waals surface area contributed by atoms with Gasteiger partial charge in [0.25, 0.3) is 0 Å². The Bertz CT molecular complexity index is 933. The Labute approximate surface area is 242 Å². The summed E-state index contributed by atoms with van der Waals surface area (Å²) in [5.41, 5.74) is 6.70. The summed E-state index contributed by atoms with van der Waals surface area (Å²) >= 11 is 0. The van der Waals surface area contributed by atoms with Gasteiger partial charge in [0.2, 0.25) is 0 Å². The summed E-state index contributed by atoms with van der Waals surface area (Å²) in [4.78, 5) is 0. The normalized spacial score (nSPS) is 28.4. The van der Waals surface area contributed by atoms with E-state index in [0.29, 0.717) is 10.8 Å². The maximum Gasteiger partial charge on any atom is 0.104 e. The molecule has 4 rings (SSSR count).